The van der Waals surface area contributed by atoms with Crippen LogP contribution in [0.25, 0.3) is 17.0 Å². The molecule has 7 rings (SSSR count). The molecule has 1 saturated carbocycles. The highest BCUT2D eigenvalue weighted by Gasteiger charge is 2.75. The molecule has 2 atom stereocenters. The number of benzene rings is 1. The summed E-state index contributed by atoms with van der Waals surface area (Å²) >= 11 is 0. The van der Waals surface area contributed by atoms with Crippen LogP contribution in [0.4, 0.5) is 11.5 Å². The Hall–Kier alpha value is -2.84. The van der Waals surface area contributed by atoms with E-state index >= 15 is 0 Å². The fraction of sp³-hybridized carbons (Fsp3) is 0.538. The highest BCUT2D eigenvalue weighted by Crippen LogP contribution is 2.70. The van der Waals surface area contributed by atoms with Gasteiger partial charge in [-0.2, -0.15) is 4.98 Å². The third kappa shape index (κ3) is 2.55. The summed E-state index contributed by atoms with van der Waals surface area (Å²) in [4.78, 5) is 23.0. The van der Waals surface area contributed by atoms with Crippen LogP contribution in [0.15, 0.2) is 29.3 Å². The van der Waals surface area contributed by atoms with Gasteiger partial charge < -0.3 is 15.0 Å². The molecule has 176 valence electrons. The van der Waals surface area contributed by atoms with E-state index in [1.807, 2.05) is 6.07 Å². The average molecular weight is 458 g/mol. The number of hydrogen-bond acceptors (Lipinski definition) is 7. The first-order valence-electron chi connectivity index (χ1n) is 12.6. The number of nitrogens with one attached hydrogen (secondary N) is 1. The van der Waals surface area contributed by atoms with Crippen LogP contribution in [0.5, 0.6) is 0 Å². The van der Waals surface area contributed by atoms with E-state index in [4.69, 9.17) is 24.7 Å². The summed E-state index contributed by atoms with van der Waals surface area (Å²) in [6, 6.07) is 8.29. The number of anilines is 1. The Morgan fingerprint density at radius 1 is 1.09 bits per heavy atom. The normalized spacial score (nSPS) is 27.9. The van der Waals surface area contributed by atoms with E-state index < -0.39 is 0 Å². The lowest BCUT2D eigenvalue weighted by Gasteiger charge is -2.31. The zero-order valence-corrected chi connectivity index (χ0v) is 20.1. The van der Waals surface area contributed by atoms with Gasteiger partial charge in [0.25, 0.3) is 0 Å². The molecule has 3 fully saturated rings. The van der Waals surface area contributed by atoms with Gasteiger partial charge >= 0.3 is 0 Å². The fourth-order valence-corrected chi connectivity index (χ4v) is 6.46. The molecule has 0 radical (unpaired) electrons. The lowest BCUT2D eigenvalue weighted by atomic mass is 9.84. The molecular weight excluding hydrogens is 426 g/mol. The Kier molecular flexibility index (Phi) is 4.28. The van der Waals surface area contributed by atoms with Crippen molar-refractivity contribution in [2.24, 2.45) is 10.4 Å². The molecule has 8 nitrogen and oxygen atoms in total. The van der Waals surface area contributed by atoms with Crippen molar-refractivity contribution in [2.45, 2.75) is 44.9 Å². The second-order valence-electron chi connectivity index (χ2n) is 10.5. The predicted molar refractivity (Wildman–Crippen MR) is 133 cm³/mol. The molecule has 1 aliphatic carbocycles. The van der Waals surface area contributed by atoms with E-state index in [-0.39, 0.29) is 16.7 Å². The SMILES string of the molecule is CC(C)c1nc2ccccc2n1-c1nc(N2CCOCC2)c2c(n1)C1(C)C(=N2)C12CCCNC2. The second-order valence-corrected chi connectivity index (χ2v) is 10.5. The number of piperidine rings is 1. The van der Waals surface area contributed by atoms with Crippen molar-refractivity contribution in [1.29, 1.82) is 0 Å². The Balaban J connectivity index is 1.46. The standard InChI is InChI=1S/C26H31N7O/c1-16(2)21-28-17-7-4-5-8-18(17)33(21)24-30-20-19(22(31-24)32-11-13-34-14-12-32)29-23-25(20,3)26(23)9-6-10-27-15-26/h4-5,7-8,16,27H,6,9-15H2,1-3H3. The zero-order chi connectivity index (χ0) is 23.1. The minimum Gasteiger partial charge on any atom is -0.378 e. The van der Waals surface area contributed by atoms with Crippen molar-refractivity contribution < 1.29 is 4.74 Å². The number of aromatic nitrogens is 4. The Morgan fingerprint density at radius 3 is 2.68 bits per heavy atom. The van der Waals surface area contributed by atoms with Gasteiger partial charge in [-0.1, -0.05) is 26.0 Å². The first-order valence-corrected chi connectivity index (χ1v) is 12.6. The number of fused-ring (bicyclic) bond motifs is 6. The third-order valence-corrected chi connectivity index (χ3v) is 8.37. The minimum atomic E-state index is -0.122. The van der Waals surface area contributed by atoms with Crippen LogP contribution in [0.3, 0.4) is 0 Å². The van der Waals surface area contributed by atoms with Gasteiger partial charge in [0.2, 0.25) is 5.95 Å². The van der Waals surface area contributed by atoms with Crippen molar-refractivity contribution in [2.75, 3.05) is 44.3 Å². The van der Waals surface area contributed by atoms with Crippen LogP contribution in [-0.4, -0.2) is 64.6 Å². The molecule has 3 aliphatic heterocycles. The van der Waals surface area contributed by atoms with Gasteiger partial charge in [-0.3, -0.25) is 9.56 Å². The summed E-state index contributed by atoms with van der Waals surface area (Å²) in [6.07, 6.45) is 2.36. The van der Waals surface area contributed by atoms with E-state index in [1.54, 1.807) is 0 Å². The van der Waals surface area contributed by atoms with Gasteiger partial charge in [-0.05, 0) is 38.4 Å². The number of ether oxygens (including phenoxy) is 1. The van der Waals surface area contributed by atoms with E-state index in [9.17, 15) is 0 Å². The molecular formula is C26H31N7O. The molecule has 34 heavy (non-hydrogen) atoms. The van der Waals surface area contributed by atoms with Crippen LogP contribution in [0, 0.1) is 5.41 Å². The summed E-state index contributed by atoms with van der Waals surface area (Å²) < 4.78 is 7.81. The first kappa shape index (κ1) is 20.5. The number of morpholine rings is 1. The molecule has 1 spiro atoms. The number of para-hydroxylation sites is 2. The van der Waals surface area contributed by atoms with Crippen molar-refractivity contribution in [1.82, 2.24) is 24.8 Å². The Labute approximate surface area is 199 Å². The van der Waals surface area contributed by atoms with Crippen molar-refractivity contribution >= 4 is 28.3 Å². The molecule has 4 aliphatic rings. The fourth-order valence-electron chi connectivity index (χ4n) is 6.46. The molecule has 3 aromatic rings. The zero-order valence-electron chi connectivity index (χ0n) is 20.1. The summed E-state index contributed by atoms with van der Waals surface area (Å²) in [5.41, 5.74) is 5.36. The summed E-state index contributed by atoms with van der Waals surface area (Å²) in [7, 11) is 0. The smallest absolute Gasteiger partial charge is 0.238 e. The van der Waals surface area contributed by atoms with Gasteiger partial charge in [0.1, 0.15) is 11.5 Å². The molecule has 0 bridgehead atoms. The third-order valence-electron chi connectivity index (χ3n) is 8.37. The van der Waals surface area contributed by atoms with Gasteiger partial charge in [0.15, 0.2) is 5.82 Å². The molecule has 1 N–H and O–H groups in total. The second kappa shape index (κ2) is 7.09. The number of imidazole rings is 1. The molecule has 0 amide bonds. The number of hydrogen-bond donors (Lipinski definition) is 1. The average Bonchev–Trinajstić information content (AvgIpc) is 3.17. The largest absolute Gasteiger partial charge is 0.378 e. The van der Waals surface area contributed by atoms with Crippen LogP contribution in [0.1, 0.15) is 51.0 Å². The van der Waals surface area contributed by atoms with Gasteiger partial charge in [0.05, 0.1) is 35.4 Å². The van der Waals surface area contributed by atoms with Crippen molar-refractivity contribution in [3.8, 4) is 5.95 Å². The monoisotopic (exact) mass is 457 g/mol. The van der Waals surface area contributed by atoms with E-state index in [1.165, 1.54) is 18.6 Å². The molecule has 8 heteroatoms. The lowest BCUT2D eigenvalue weighted by Crippen LogP contribution is -2.38. The number of rotatable bonds is 3. The van der Waals surface area contributed by atoms with Gasteiger partial charge in [-0.15, -0.1) is 0 Å². The number of nitrogens with zero attached hydrogens (tertiary/aromatic N) is 6. The highest BCUT2D eigenvalue weighted by molar-refractivity contribution is 6.22. The van der Waals surface area contributed by atoms with Crippen molar-refractivity contribution in [3.05, 3.63) is 35.8 Å². The summed E-state index contributed by atoms with van der Waals surface area (Å²) in [6.45, 7) is 11.8. The van der Waals surface area contributed by atoms with Crippen LogP contribution >= 0.6 is 0 Å². The van der Waals surface area contributed by atoms with Crippen LogP contribution in [0.2, 0.25) is 0 Å². The molecule has 2 unspecified atom stereocenters. The topological polar surface area (TPSA) is 80.5 Å². The highest BCUT2D eigenvalue weighted by atomic mass is 16.5. The van der Waals surface area contributed by atoms with Crippen LogP contribution in [-0.2, 0) is 10.2 Å². The summed E-state index contributed by atoms with van der Waals surface area (Å²) in [5, 5.41) is 3.62. The van der Waals surface area contributed by atoms with E-state index in [2.05, 4.69) is 53.8 Å². The molecule has 2 aromatic heterocycles. The molecule has 1 aromatic carbocycles. The van der Waals surface area contributed by atoms with Gasteiger partial charge in [0, 0.05) is 36.7 Å². The van der Waals surface area contributed by atoms with E-state index in [0.717, 1.165) is 60.2 Å². The maximum atomic E-state index is 5.65. The summed E-state index contributed by atoms with van der Waals surface area (Å²) in [5.74, 6) is 2.88. The minimum absolute atomic E-state index is 0.101. The number of aliphatic imine (C=N–C) groups is 1. The maximum absolute atomic E-state index is 5.65. The van der Waals surface area contributed by atoms with Crippen LogP contribution < -0.4 is 10.2 Å². The molecule has 5 heterocycles. The molecule has 2 saturated heterocycles. The van der Waals surface area contributed by atoms with E-state index in [0.29, 0.717) is 19.2 Å². The quantitative estimate of drug-likeness (QED) is 0.648. The lowest BCUT2D eigenvalue weighted by molar-refractivity contribution is 0.122. The maximum Gasteiger partial charge on any atom is 0.238 e. The van der Waals surface area contributed by atoms with Gasteiger partial charge in [-0.25, -0.2) is 9.97 Å². The first-order chi connectivity index (χ1) is 16.5. The Bertz CT molecular complexity index is 1330. The van der Waals surface area contributed by atoms with Crippen molar-refractivity contribution in [3.63, 3.8) is 0 Å². The predicted octanol–water partition coefficient (Wildman–Crippen LogP) is 3.50. The Morgan fingerprint density at radius 2 is 1.91 bits per heavy atom.